The van der Waals surface area contributed by atoms with Crippen molar-refractivity contribution in [3.05, 3.63) is 35.1 Å². The van der Waals surface area contributed by atoms with Crippen LogP contribution in [0.4, 0.5) is 36.2 Å². The van der Waals surface area contributed by atoms with Gasteiger partial charge in [-0.3, -0.25) is 0 Å². The van der Waals surface area contributed by atoms with Gasteiger partial charge >= 0.3 is 6.18 Å². The normalized spacial score (nSPS) is 11.5. The number of alkyl halides is 3. The maximum Gasteiger partial charge on any atom is 0.416 e. The highest BCUT2D eigenvalue weighted by Gasteiger charge is 2.31. The third kappa shape index (κ3) is 5.60. The topological polar surface area (TPSA) is 85.5 Å². The van der Waals surface area contributed by atoms with Crippen LogP contribution in [0.5, 0.6) is 0 Å². The molecule has 2 rings (SSSR count). The molecule has 2 aromatic rings. The van der Waals surface area contributed by atoms with Gasteiger partial charge in [0, 0.05) is 27.3 Å². The first kappa shape index (κ1) is 22.0. The first-order valence-electron chi connectivity index (χ1n) is 8.25. The molecular formula is C17H21ClF3N5O2. The van der Waals surface area contributed by atoms with Gasteiger partial charge in [-0.2, -0.15) is 13.2 Å². The van der Waals surface area contributed by atoms with E-state index in [2.05, 4.69) is 15.3 Å². The highest BCUT2D eigenvalue weighted by molar-refractivity contribution is 6.33. The van der Waals surface area contributed by atoms with Crippen LogP contribution in [0, 0.1) is 0 Å². The second kappa shape index (κ2) is 9.76. The lowest BCUT2D eigenvalue weighted by molar-refractivity contribution is -0.137. The van der Waals surface area contributed by atoms with E-state index in [4.69, 9.17) is 26.8 Å². The molecule has 7 nitrogen and oxygen atoms in total. The molecule has 0 aliphatic rings. The minimum Gasteiger partial charge on any atom is -0.393 e. The fourth-order valence-electron chi connectivity index (χ4n) is 2.39. The van der Waals surface area contributed by atoms with Crippen LogP contribution in [-0.4, -0.2) is 50.5 Å². The van der Waals surface area contributed by atoms with Crippen molar-refractivity contribution in [2.24, 2.45) is 0 Å². The summed E-state index contributed by atoms with van der Waals surface area (Å²) in [5.41, 5.74) is 5.54. The molecule has 0 aliphatic carbocycles. The molecule has 0 atom stereocenters. The molecule has 0 amide bonds. The molecule has 0 radical (unpaired) electrons. The Morgan fingerprint density at radius 3 is 2.36 bits per heavy atom. The number of hydrogen-bond donors (Lipinski definition) is 2. The molecule has 3 N–H and O–H groups in total. The molecule has 0 saturated heterocycles. The van der Waals surface area contributed by atoms with Crippen LogP contribution >= 0.6 is 11.6 Å². The Kier molecular flexibility index (Phi) is 7.67. The Morgan fingerprint density at radius 2 is 1.79 bits per heavy atom. The SMILES string of the molecule is COCCN(CCOC)c1ncnc(Nc2cc(C(F)(F)F)ccc2Cl)c1N. The fourth-order valence-corrected chi connectivity index (χ4v) is 2.55. The summed E-state index contributed by atoms with van der Waals surface area (Å²) < 4.78 is 49.1. The van der Waals surface area contributed by atoms with Crippen molar-refractivity contribution in [1.82, 2.24) is 9.97 Å². The van der Waals surface area contributed by atoms with Crippen LogP contribution < -0.4 is 16.0 Å². The fraction of sp³-hybridized carbons (Fsp3) is 0.412. The summed E-state index contributed by atoms with van der Waals surface area (Å²) in [7, 11) is 3.14. The van der Waals surface area contributed by atoms with Crippen molar-refractivity contribution < 1.29 is 22.6 Å². The molecule has 0 spiro atoms. The average Bonchev–Trinajstić information content (AvgIpc) is 2.65. The number of nitrogen functional groups attached to an aromatic ring is 1. The van der Waals surface area contributed by atoms with Gasteiger partial charge in [-0.25, -0.2) is 9.97 Å². The van der Waals surface area contributed by atoms with E-state index in [9.17, 15) is 13.2 Å². The molecule has 0 unspecified atom stereocenters. The Hall–Kier alpha value is -2.30. The third-order valence-corrected chi connectivity index (χ3v) is 4.17. The minimum absolute atomic E-state index is 0.0353. The lowest BCUT2D eigenvalue weighted by Crippen LogP contribution is -2.32. The molecule has 0 saturated carbocycles. The minimum atomic E-state index is -4.50. The van der Waals surface area contributed by atoms with Crippen molar-refractivity contribution in [2.45, 2.75) is 6.18 Å². The highest BCUT2D eigenvalue weighted by atomic mass is 35.5. The van der Waals surface area contributed by atoms with Crippen LogP contribution in [0.2, 0.25) is 5.02 Å². The zero-order valence-electron chi connectivity index (χ0n) is 15.4. The first-order valence-corrected chi connectivity index (χ1v) is 8.62. The van der Waals surface area contributed by atoms with Crippen molar-refractivity contribution in [1.29, 1.82) is 0 Å². The van der Waals surface area contributed by atoms with Crippen LogP contribution in [0.25, 0.3) is 0 Å². The number of anilines is 4. The molecule has 0 aliphatic heterocycles. The second-order valence-corrected chi connectivity index (χ2v) is 6.16. The zero-order chi connectivity index (χ0) is 20.7. The predicted octanol–water partition coefficient (Wildman–Crippen LogP) is 3.57. The third-order valence-electron chi connectivity index (χ3n) is 3.84. The van der Waals surface area contributed by atoms with Gasteiger partial charge in [-0.15, -0.1) is 0 Å². The van der Waals surface area contributed by atoms with Gasteiger partial charge in [0.25, 0.3) is 0 Å². The number of hydrogen-bond acceptors (Lipinski definition) is 7. The Morgan fingerprint density at radius 1 is 1.14 bits per heavy atom. The van der Waals surface area contributed by atoms with E-state index < -0.39 is 11.7 Å². The zero-order valence-corrected chi connectivity index (χ0v) is 16.1. The Bertz CT molecular complexity index is 784. The van der Waals surface area contributed by atoms with Crippen LogP contribution in [0.3, 0.4) is 0 Å². The van der Waals surface area contributed by atoms with E-state index in [1.54, 1.807) is 14.2 Å². The van der Waals surface area contributed by atoms with E-state index in [1.807, 2.05) is 4.90 Å². The standard InChI is InChI=1S/C17H21ClF3N5O2/c1-27-7-5-26(6-8-28-2)16-14(22)15(23-10-24-16)25-13-9-11(17(19,20)21)3-4-12(13)18/h3-4,9-10H,5-8,22H2,1-2H3,(H,23,24,25). The smallest absolute Gasteiger partial charge is 0.393 e. The lowest BCUT2D eigenvalue weighted by Gasteiger charge is -2.25. The van der Waals surface area contributed by atoms with Crippen molar-refractivity contribution in [2.75, 3.05) is 56.5 Å². The van der Waals surface area contributed by atoms with Crippen LogP contribution in [-0.2, 0) is 15.7 Å². The van der Waals surface area contributed by atoms with Crippen molar-refractivity contribution in [3.63, 3.8) is 0 Å². The van der Waals surface area contributed by atoms with Gasteiger partial charge in [0.05, 0.1) is 29.5 Å². The predicted molar refractivity (Wildman–Crippen MR) is 102 cm³/mol. The van der Waals surface area contributed by atoms with Gasteiger partial charge in [-0.1, -0.05) is 11.6 Å². The van der Waals surface area contributed by atoms with Gasteiger partial charge in [0.15, 0.2) is 11.6 Å². The summed E-state index contributed by atoms with van der Waals surface area (Å²) in [5, 5.41) is 2.86. The summed E-state index contributed by atoms with van der Waals surface area (Å²) in [4.78, 5) is 10.1. The van der Waals surface area contributed by atoms with Crippen molar-refractivity contribution >= 4 is 34.6 Å². The van der Waals surface area contributed by atoms with Gasteiger partial charge in [0.1, 0.15) is 12.0 Å². The number of nitrogens with two attached hydrogens (primary N) is 1. The Labute approximate surface area is 165 Å². The molecular weight excluding hydrogens is 399 g/mol. The molecule has 154 valence electrons. The van der Waals surface area contributed by atoms with Gasteiger partial charge in [0.2, 0.25) is 0 Å². The molecule has 0 bridgehead atoms. The van der Waals surface area contributed by atoms with Gasteiger partial charge < -0.3 is 25.4 Å². The Balaban J connectivity index is 2.34. The second-order valence-electron chi connectivity index (χ2n) is 5.75. The number of nitrogens with one attached hydrogen (secondary N) is 1. The number of rotatable bonds is 9. The molecule has 1 heterocycles. The van der Waals surface area contributed by atoms with E-state index in [0.717, 1.165) is 18.2 Å². The molecule has 1 aromatic carbocycles. The molecule has 0 fully saturated rings. The van der Waals surface area contributed by atoms with Crippen LogP contribution in [0.1, 0.15) is 5.56 Å². The van der Waals surface area contributed by atoms with Crippen LogP contribution in [0.15, 0.2) is 24.5 Å². The molecule has 11 heteroatoms. The number of methoxy groups -OCH3 is 2. The molecule has 1 aromatic heterocycles. The van der Waals surface area contributed by atoms with E-state index in [-0.39, 0.29) is 22.2 Å². The maximum absolute atomic E-state index is 13.0. The van der Waals surface area contributed by atoms with E-state index in [0.29, 0.717) is 32.1 Å². The lowest BCUT2D eigenvalue weighted by atomic mass is 10.2. The van der Waals surface area contributed by atoms with E-state index >= 15 is 0 Å². The number of nitrogens with zero attached hydrogens (tertiary/aromatic N) is 3. The highest BCUT2D eigenvalue weighted by Crippen LogP contribution is 2.36. The summed E-state index contributed by atoms with van der Waals surface area (Å²) in [5.74, 6) is 0.556. The maximum atomic E-state index is 13.0. The largest absolute Gasteiger partial charge is 0.416 e. The average molecular weight is 420 g/mol. The number of ether oxygens (including phenoxy) is 2. The van der Waals surface area contributed by atoms with Crippen molar-refractivity contribution in [3.8, 4) is 0 Å². The number of aromatic nitrogens is 2. The summed E-state index contributed by atoms with van der Waals surface area (Å²) in [6.07, 6.45) is -3.23. The monoisotopic (exact) mass is 419 g/mol. The first-order chi connectivity index (χ1) is 13.3. The molecule has 28 heavy (non-hydrogen) atoms. The number of benzene rings is 1. The summed E-state index contributed by atoms with van der Waals surface area (Å²) in [6, 6.07) is 2.96. The van der Waals surface area contributed by atoms with Gasteiger partial charge in [-0.05, 0) is 18.2 Å². The summed E-state index contributed by atoms with van der Waals surface area (Å²) >= 11 is 6.03. The summed E-state index contributed by atoms with van der Waals surface area (Å²) in [6.45, 7) is 1.83. The van der Waals surface area contributed by atoms with E-state index in [1.165, 1.54) is 6.33 Å². The quantitative estimate of drug-likeness (QED) is 0.642. The number of halogens is 4.